The van der Waals surface area contributed by atoms with Crippen LogP contribution in [0.15, 0.2) is 47.8 Å². The van der Waals surface area contributed by atoms with E-state index in [0.717, 1.165) is 44.0 Å². The van der Waals surface area contributed by atoms with Gasteiger partial charge in [0.1, 0.15) is 6.54 Å². The molecular weight excluding hydrogens is 378 g/mol. The minimum Gasteiger partial charge on any atom is -0.360 e. The Hall–Kier alpha value is -2.37. The van der Waals surface area contributed by atoms with Crippen LogP contribution in [0.3, 0.4) is 0 Å². The molecule has 4 nitrogen and oxygen atoms in total. The number of carbonyl (C=O) groups excluding carboxylic acids is 1. The first-order chi connectivity index (χ1) is 14.0. The number of benzene rings is 1. The van der Waals surface area contributed by atoms with Crippen LogP contribution in [0.2, 0.25) is 0 Å². The van der Waals surface area contributed by atoms with Crippen LogP contribution in [-0.4, -0.2) is 43.1 Å². The highest BCUT2D eigenvalue weighted by atomic mass is 32.1. The van der Waals surface area contributed by atoms with E-state index < -0.39 is 0 Å². The summed E-state index contributed by atoms with van der Waals surface area (Å²) in [6, 6.07) is 14.9. The number of hydrogen-bond acceptors (Lipinski definition) is 3. The van der Waals surface area contributed by atoms with E-state index in [1.807, 2.05) is 0 Å². The Kier molecular flexibility index (Phi) is 5.88. The highest BCUT2D eigenvalue weighted by Gasteiger charge is 2.25. The lowest BCUT2D eigenvalue weighted by Crippen LogP contribution is -3.15. The molecule has 1 aliphatic heterocycles. The Morgan fingerprint density at radius 2 is 1.83 bits per heavy atom. The van der Waals surface area contributed by atoms with Crippen molar-refractivity contribution in [3.63, 3.8) is 0 Å². The molecule has 0 unspecified atom stereocenters. The van der Waals surface area contributed by atoms with Crippen molar-refractivity contribution in [3.05, 3.63) is 75.2 Å². The number of piperazine rings is 1. The van der Waals surface area contributed by atoms with Crippen molar-refractivity contribution in [3.8, 4) is 0 Å². The highest BCUT2D eigenvalue weighted by molar-refractivity contribution is 7.09. The fraction of sp³-hybridized carbons (Fsp3) is 0.375. The number of para-hydroxylation sites is 1. The molecule has 1 fully saturated rings. The Morgan fingerprint density at radius 3 is 2.52 bits per heavy atom. The van der Waals surface area contributed by atoms with E-state index in [0.29, 0.717) is 6.54 Å². The molecule has 0 bridgehead atoms. The predicted octanol–water partition coefficient (Wildman–Crippen LogP) is 3.11. The van der Waals surface area contributed by atoms with E-state index in [2.05, 4.69) is 78.1 Å². The van der Waals surface area contributed by atoms with Gasteiger partial charge in [0, 0.05) is 27.5 Å². The Morgan fingerprint density at radius 1 is 1.07 bits per heavy atom. The summed E-state index contributed by atoms with van der Waals surface area (Å²) in [7, 11) is 0. The van der Waals surface area contributed by atoms with Crippen molar-refractivity contribution in [1.29, 1.82) is 0 Å². The standard InChI is InChI=1S/C24H29N3OS/c1-18-7-4-5-9-23(18)26-12-10-25(11-13-26)17-24(28)22-15-19(2)27(20(22)3)16-21-8-6-14-29-21/h4-9,14-15H,10-13,16-17H2,1-3H3/p+1. The van der Waals surface area contributed by atoms with Crippen LogP contribution in [0.1, 0.15) is 32.2 Å². The van der Waals surface area contributed by atoms with Gasteiger partial charge in [-0.05, 0) is 49.9 Å². The van der Waals surface area contributed by atoms with Gasteiger partial charge in [0.2, 0.25) is 5.78 Å². The first-order valence-corrected chi connectivity index (χ1v) is 11.3. The molecule has 1 saturated heterocycles. The third-order valence-electron chi connectivity index (χ3n) is 6.11. The number of carbonyl (C=O) groups is 1. The van der Waals surface area contributed by atoms with Gasteiger partial charge in [0.25, 0.3) is 0 Å². The van der Waals surface area contributed by atoms with E-state index in [1.54, 1.807) is 11.3 Å². The highest BCUT2D eigenvalue weighted by Crippen LogP contribution is 2.20. The second-order valence-corrected chi connectivity index (χ2v) is 9.11. The number of nitrogens with one attached hydrogen (secondary N) is 1. The predicted molar refractivity (Wildman–Crippen MR) is 121 cm³/mol. The van der Waals surface area contributed by atoms with Gasteiger partial charge in [-0.3, -0.25) is 4.79 Å². The third kappa shape index (κ3) is 4.31. The zero-order chi connectivity index (χ0) is 20.4. The molecule has 1 N–H and O–H groups in total. The van der Waals surface area contributed by atoms with Crippen LogP contribution in [0, 0.1) is 20.8 Å². The van der Waals surface area contributed by atoms with Gasteiger partial charge < -0.3 is 14.4 Å². The lowest BCUT2D eigenvalue weighted by atomic mass is 10.1. The van der Waals surface area contributed by atoms with Crippen LogP contribution in [0.4, 0.5) is 5.69 Å². The first-order valence-electron chi connectivity index (χ1n) is 10.4. The maximum Gasteiger partial charge on any atom is 0.218 e. The number of thiophene rings is 1. The van der Waals surface area contributed by atoms with E-state index >= 15 is 0 Å². The summed E-state index contributed by atoms with van der Waals surface area (Å²) < 4.78 is 2.27. The number of hydrogen-bond donors (Lipinski definition) is 1. The average Bonchev–Trinajstić information content (AvgIpc) is 3.33. The molecule has 1 aromatic carbocycles. The largest absolute Gasteiger partial charge is 0.360 e. The lowest BCUT2D eigenvalue weighted by molar-refractivity contribution is -0.892. The third-order valence-corrected chi connectivity index (χ3v) is 6.97. The summed E-state index contributed by atoms with van der Waals surface area (Å²) in [6.07, 6.45) is 0. The first kappa shape index (κ1) is 19.9. The molecule has 0 amide bonds. The van der Waals surface area contributed by atoms with Crippen molar-refractivity contribution in [2.75, 3.05) is 37.6 Å². The molecule has 0 aliphatic carbocycles. The van der Waals surface area contributed by atoms with Gasteiger partial charge in [0.15, 0.2) is 0 Å². The summed E-state index contributed by atoms with van der Waals surface area (Å²) in [5.74, 6) is 0.273. The van der Waals surface area contributed by atoms with Crippen LogP contribution in [0.25, 0.3) is 0 Å². The summed E-state index contributed by atoms with van der Waals surface area (Å²) in [5, 5.41) is 2.11. The van der Waals surface area contributed by atoms with Crippen molar-refractivity contribution >= 4 is 22.8 Å². The second-order valence-electron chi connectivity index (χ2n) is 8.07. The number of aryl methyl sites for hydroxylation is 2. The quantitative estimate of drug-likeness (QED) is 0.635. The maximum absolute atomic E-state index is 13.1. The molecule has 2 aromatic heterocycles. The number of aromatic nitrogens is 1. The molecule has 152 valence electrons. The minimum atomic E-state index is 0.273. The summed E-state index contributed by atoms with van der Waals surface area (Å²) in [4.78, 5) is 18.2. The van der Waals surface area contributed by atoms with E-state index in [1.165, 1.54) is 26.7 Å². The molecule has 4 rings (SSSR count). The molecule has 0 saturated carbocycles. The fourth-order valence-electron chi connectivity index (χ4n) is 4.37. The number of nitrogens with zero attached hydrogens (tertiary/aromatic N) is 2. The Labute approximate surface area is 177 Å². The smallest absolute Gasteiger partial charge is 0.218 e. The maximum atomic E-state index is 13.1. The fourth-order valence-corrected chi connectivity index (χ4v) is 5.06. The second kappa shape index (κ2) is 8.56. The topological polar surface area (TPSA) is 29.7 Å². The molecule has 3 heterocycles. The normalized spacial score (nSPS) is 15.1. The molecule has 0 radical (unpaired) electrons. The van der Waals surface area contributed by atoms with Crippen molar-refractivity contribution in [1.82, 2.24) is 4.57 Å². The number of ketones is 1. The summed E-state index contributed by atoms with van der Waals surface area (Å²) in [5.41, 5.74) is 5.81. The van der Waals surface area contributed by atoms with Crippen molar-refractivity contribution in [2.24, 2.45) is 0 Å². The molecule has 29 heavy (non-hydrogen) atoms. The zero-order valence-electron chi connectivity index (χ0n) is 17.6. The monoisotopic (exact) mass is 408 g/mol. The molecule has 3 aromatic rings. The van der Waals surface area contributed by atoms with E-state index in [-0.39, 0.29) is 5.78 Å². The van der Waals surface area contributed by atoms with E-state index in [9.17, 15) is 4.79 Å². The van der Waals surface area contributed by atoms with E-state index in [4.69, 9.17) is 0 Å². The number of anilines is 1. The van der Waals surface area contributed by atoms with Crippen LogP contribution >= 0.6 is 11.3 Å². The van der Waals surface area contributed by atoms with Gasteiger partial charge in [-0.25, -0.2) is 0 Å². The molecule has 0 spiro atoms. The number of Topliss-reactive ketones (excluding diaryl/α,β-unsaturated/α-hetero) is 1. The molecule has 5 heteroatoms. The van der Waals surface area contributed by atoms with Crippen molar-refractivity contribution in [2.45, 2.75) is 27.3 Å². The summed E-state index contributed by atoms with van der Waals surface area (Å²) in [6.45, 7) is 11.8. The Bertz CT molecular complexity index is 982. The SMILES string of the molecule is Cc1ccccc1N1CC[NH+](CC(=O)c2cc(C)n(Cc3cccs3)c2C)CC1. The lowest BCUT2D eigenvalue weighted by Gasteiger charge is -2.34. The number of rotatable bonds is 6. The molecule has 0 atom stereocenters. The Balaban J connectivity index is 1.39. The van der Waals surface area contributed by atoms with Gasteiger partial charge in [-0.1, -0.05) is 24.3 Å². The van der Waals surface area contributed by atoms with Gasteiger partial charge in [0.05, 0.1) is 32.7 Å². The summed E-state index contributed by atoms with van der Waals surface area (Å²) >= 11 is 1.77. The molecule has 1 aliphatic rings. The van der Waals surface area contributed by atoms with Gasteiger partial charge in [-0.15, -0.1) is 11.3 Å². The minimum absolute atomic E-state index is 0.273. The number of quaternary nitrogens is 1. The average molecular weight is 409 g/mol. The van der Waals surface area contributed by atoms with Crippen LogP contribution in [0.5, 0.6) is 0 Å². The van der Waals surface area contributed by atoms with Crippen LogP contribution in [-0.2, 0) is 6.54 Å². The zero-order valence-corrected chi connectivity index (χ0v) is 18.4. The van der Waals surface area contributed by atoms with Gasteiger partial charge in [-0.2, -0.15) is 0 Å². The van der Waals surface area contributed by atoms with Crippen LogP contribution < -0.4 is 9.80 Å². The molecular formula is C24H30N3OS+. The van der Waals surface area contributed by atoms with Crippen molar-refractivity contribution < 1.29 is 9.69 Å². The van der Waals surface area contributed by atoms with Gasteiger partial charge >= 0.3 is 0 Å².